The van der Waals surface area contributed by atoms with Gasteiger partial charge in [0.05, 0.1) is 26.8 Å². The Balaban J connectivity index is 2.02. The van der Waals surface area contributed by atoms with Crippen molar-refractivity contribution in [3.63, 3.8) is 0 Å². The molecule has 8 nitrogen and oxygen atoms in total. The normalized spacial score (nSPS) is 17.1. The Bertz CT molecular complexity index is 715. The van der Waals surface area contributed by atoms with Crippen molar-refractivity contribution in [1.29, 1.82) is 0 Å². The van der Waals surface area contributed by atoms with Crippen LogP contribution >= 0.6 is 0 Å². The molecule has 162 valence electrons. The van der Waals surface area contributed by atoms with Gasteiger partial charge in [0.25, 0.3) is 0 Å². The second kappa shape index (κ2) is 10.2. The number of aliphatic imine (C=N–C) groups is 1. The van der Waals surface area contributed by atoms with Crippen molar-refractivity contribution in [3.05, 3.63) is 23.8 Å². The van der Waals surface area contributed by atoms with Gasteiger partial charge in [-0.3, -0.25) is 0 Å². The molecular formula is C21H34N4O4. The number of hydrogen-bond donors (Lipinski definition) is 2. The summed E-state index contributed by atoms with van der Waals surface area (Å²) in [7, 11) is 3.27. The van der Waals surface area contributed by atoms with Crippen LogP contribution < -0.4 is 20.1 Å². The third-order valence-electron chi connectivity index (χ3n) is 4.44. The number of nitrogens with one attached hydrogen (secondary N) is 2. The van der Waals surface area contributed by atoms with E-state index in [1.54, 1.807) is 14.2 Å². The maximum absolute atomic E-state index is 12.0. The number of amides is 1. The van der Waals surface area contributed by atoms with Gasteiger partial charge in [-0.05, 0) is 46.2 Å². The zero-order valence-electron chi connectivity index (χ0n) is 18.4. The number of hydrogen-bond acceptors (Lipinski definition) is 5. The molecule has 0 aliphatic carbocycles. The average Bonchev–Trinajstić information content (AvgIpc) is 3.11. The summed E-state index contributed by atoms with van der Waals surface area (Å²) in [5.41, 5.74) is 0.474. The zero-order valence-corrected chi connectivity index (χ0v) is 18.4. The first-order valence-electron chi connectivity index (χ1n) is 9.99. The number of nitrogens with zero attached hydrogens (tertiary/aromatic N) is 2. The first-order valence-corrected chi connectivity index (χ1v) is 9.99. The van der Waals surface area contributed by atoms with E-state index in [-0.39, 0.29) is 12.1 Å². The standard InChI is InChI=1S/C21H34N4O4/c1-7-22-19(23-13-15-8-9-17(27-5)12-18(15)28-6)25-11-10-16(14-25)24-20(26)29-21(2,3)4/h8-9,12,16H,7,10-11,13-14H2,1-6H3,(H,22,23)(H,24,26). The molecule has 0 saturated carbocycles. The van der Waals surface area contributed by atoms with Gasteiger partial charge in [0.2, 0.25) is 0 Å². The van der Waals surface area contributed by atoms with E-state index in [0.29, 0.717) is 13.1 Å². The van der Waals surface area contributed by atoms with Gasteiger partial charge in [-0.1, -0.05) is 0 Å². The Morgan fingerprint density at radius 1 is 1.28 bits per heavy atom. The van der Waals surface area contributed by atoms with Crippen molar-refractivity contribution < 1.29 is 19.0 Å². The van der Waals surface area contributed by atoms with Gasteiger partial charge in [0.15, 0.2) is 5.96 Å². The Morgan fingerprint density at radius 2 is 2.03 bits per heavy atom. The SMILES string of the molecule is CCNC(=NCc1ccc(OC)cc1OC)N1CCC(NC(=O)OC(C)(C)C)C1. The number of rotatable bonds is 6. The number of likely N-dealkylation sites (tertiary alicyclic amines) is 1. The van der Waals surface area contributed by atoms with Gasteiger partial charge in [0.1, 0.15) is 17.1 Å². The molecule has 1 aromatic carbocycles. The molecule has 1 aromatic rings. The van der Waals surface area contributed by atoms with Gasteiger partial charge in [-0.15, -0.1) is 0 Å². The quantitative estimate of drug-likeness (QED) is 0.558. The van der Waals surface area contributed by atoms with Crippen molar-refractivity contribution >= 4 is 12.1 Å². The predicted octanol–water partition coefficient (Wildman–Crippen LogP) is 2.77. The lowest BCUT2D eigenvalue weighted by atomic mass is 10.2. The summed E-state index contributed by atoms with van der Waals surface area (Å²) in [6.07, 6.45) is 0.462. The van der Waals surface area contributed by atoms with Crippen LogP contribution in [-0.2, 0) is 11.3 Å². The number of methoxy groups -OCH3 is 2. The van der Waals surface area contributed by atoms with E-state index in [1.807, 2.05) is 45.9 Å². The summed E-state index contributed by atoms with van der Waals surface area (Å²) >= 11 is 0. The van der Waals surface area contributed by atoms with E-state index in [0.717, 1.165) is 42.5 Å². The second-order valence-corrected chi connectivity index (χ2v) is 7.93. The highest BCUT2D eigenvalue weighted by Crippen LogP contribution is 2.25. The molecule has 1 atom stereocenters. The second-order valence-electron chi connectivity index (χ2n) is 7.93. The lowest BCUT2D eigenvalue weighted by Gasteiger charge is -2.23. The number of carbonyl (C=O) groups is 1. The van der Waals surface area contributed by atoms with Crippen LogP contribution in [0, 0.1) is 0 Å². The number of guanidine groups is 1. The van der Waals surface area contributed by atoms with Gasteiger partial charge in [0, 0.05) is 31.3 Å². The first kappa shape index (κ1) is 22.6. The van der Waals surface area contributed by atoms with E-state index < -0.39 is 5.60 Å². The molecule has 1 aliphatic rings. The third-order valence-corrected chi connectivity index (χ3v) is 4.44. The van der Waals surface area contributed by atoms with Crippen molar-refractivity contribution in [2.75, 3.05) is 33.9 Å². The summed E-state index contributed by atoms with van der Waals surface area (Å²) in [4.78, 5) is 19.0. The van der Waals surface area contributed by atoms with Gasteiger partial charge in [-0.2, -0.15) is 0 Å². The number of carbonyl (C=O) groups excluding carboxylic acids is 1. The molecule has 1 unspecified atom stereocenters. The fourth-order valence-corrected chi connectivity index (χ4v) is 3.11. The zero-order chi connectivity index (χ0) is 21.4. The molecule has 2 rings (SSSR count). The van der Waals surface area contributed by atoms with Crippen molar-refractivity contribution in [2.24, 2.45) is 4.99 Å². The fourth-order valence-electron chi connectivity index (χ4n) is 3.11. The monoisotopic (exact) mass is 406 g/mol. The molecule has 1 saturated heterocycles. The van der Waals surface area contributed by atoms with Crippen molar-refractivity contribution in [3.8, 4) is 11.5 Å². The van der Waals surface area contributed by atoms with Gasteiger partial charge < -0.3 is 29.7 Å². The van der Waals surface area contributed by atoms with E-state index in [4.69, 9.17) is 19.2 Å². The summed E-state index contributed by atoms with van der Waals surface area (Å²) in [6, 6.07) is 5.75. The Labute approximate surface area is 173 Å². The minimum Gasteiger partial charge on any atom is -0.497 e. The van der Waals surface area contributed by atoms with Crippen LogP contribution in [0.2, 0.25) is 0 Å². The van der Waals surface area contributed by atoms with Crippen molar-refractivity contribution in [1.82, 2.24) is 15.5 Å². The molecule has 2 N–H and O–H groups in total. The lowest BCUT2D eigenvalue weighted by molar-refractivity contribution is 0.0507. The maximum atomic E-state index is 12.0. The number of benzene rings is 1. The summed E-state index contributed by atoms with van der Waals surface area (Å²) in [5.74, 6) is 2.31. The largest absolute Gasteiger partial charge is 0.497 e. The fraction of sp³-hybridized carbons (Fsp3) is 0.619. The van der Waals surface area contributed by atoms with E-state index in [9.17, 15) is 4.79 Å². The minimum atomic E-state index is -0.504. The Kier molecular flexibility index (Phi) is 7.99. The van der Waals surface area contributed by atoms with E-state index in [2.05, 4.69) is 15.5 Å². The summed E-state index contributed by atoms with van der Waals surface area (Å²) in [5, 5.41) is 6.28. The molecule has 29 heavy (non-hydrogen) atoms. The molecule has 0 radical (unpaired) electrons. The van der Waals surface area contributed by atoms with Crippen LogP contribution in [0.1, 0.15) is 39.7 Å². The summed E-state index contributed by atoms with van der Waals surface area (Å²) < 4.78 is 16.1. The van der Waals surface area contributed by atoms with Crippen LogP contribution in [0.15, 0.2) is 23.2 Å². The van der Waals surface area contributed by atoms with Crippen molar-refractivity contribution in [2.45, 2.75) is 52.3 Å². The number of ether oxygens (including phenoxy) is 3. The van der Waals surface area contributed by atoms with Gasteiger partial charge >= 0.3 is 6.09 Å². The topological polar surface area (TPSA) is 84.4 Å². The molecule has 8 heteroatoms. The van der Waals surface area contributed by atoms with Crippen LogP contribution in [-0.4, -0.2) is 62.4 Å². The Morgan fingerprint density at radius 3 is 2.66 bits per heavy atom. The number of alkyl carbamates (subject to hydrolysis) is 1. The highest BCUT2D eigenvalue weighted by atomic mass is 16.6. The molecule has 1 heterocycles. The molecule has 0 aromatic heterocycles. The van der Waals surface area contributed by atoms with Crippen LogP contribution in [0.3, 0.4) is 0 Å². The predicted molar refractivity (Wildman–Crippen MR) is 114 cm³/mol. The maximum Gasteiger partial charge on any atom is 0.407 e. The molecule has 0 bridgehead atoms. The highest BCUT2D eigenvalue weighted by molar-refractivity contribution is 5.80. The average molecular weight is 407 g/mol. The first-order chi connectivity index (χ1) is 13.8. The third kappa shape index (κ3) is 7.03. The molecule has 1 aliphatic heterocycles. The van der Waals surface area contributed by atoms with E-state index >= 15 is 0 Å². The Hall–Kier alpha value is -2.64. The van der Waals surface area contributed by atoms with Gasteiger partial charge in [-0.25, -0.2) is 9.79 Å². The minimum absolute atomic E-state index is 0.0317. The van der Waals surface area contributed by atoms with Crippen LogP contribution in [0.25, 0.3) is 0 Å². The molecule has 1 amide bonds. The van der Waals surface area contributed by atoms with E-state index in [1.165, 1.54) is 0 Å². The smallest absolute Gasteiger partial charge is 0.407 e. The molecular weight excluding hydrogens is 372 g/mol. The highest BCUT2D eigenvalue weighted by Gasteiger charge is 2.27. The lowest BCUT2D eigenvalue weighted by Crippen LogP contribution is -2.44. The molecule has 0 spiro atoms. The molecule has 1 fully saturated rings. The summed E-state index contributed by atoms with van der Waals surface area (Å²) in [6.45, 7) is 10.4. The van der Waals surface area contributed by atoms with Crippen LogP contribution in [0.4, 0.5) is 4.79 Å². The van der Waals surface area contributed by atoms with Crippen LogP contribution in [0.5, 0.6) is 11.5 Å².